The van der Waals surface area contributed by atoms with Gasteiger partial charge >= 0.3 is 0 Å². The van der Waals surface area contributed by atoms with Crippen LogP contribution in [0.3, 0.4) is 0 Å². The third kappa shape index (κ3) is 1.61. The number of halogens is 3. The van der Waals surface area contributed by atoms with Crippen molar-refractivity contribution in [1.82, 2.24) is 0 Å². The van der Waals surface area contributed by atoms with E-state index in [2.05, 4.69) is 0 Å². The topological polar surface area (TPSA) is 96.1 Å². The third-order valence-corrected chi connectivity index (χ3v) is 1.86. The smallest absolute Gasteiger partial charge is 0.174 e. The maximum atomic E-state index is 13.2. The van der Waals surface area contributed by atoms with Crippen LogP contribution < -0.4 is 11.5 Å². The molecule has 82 valence electrons. The van der Waals surface area contributed by atoms with Gasteiger partial charge in [0.2, 0.25) is 0 Å². The maximum Gasteiger partial charge on any atom is 0.174 e. The summed E-state index contributed by atoms with van der Waals surface area (Å²) in [5.41, 5.74) is 8.06. The zero-order chi connectivity index (χ0) is 11.7. The van der Waals surface area contributed by atoms with E-state index in [4.69, 9.17) is 22.0 Å². The Bertz CT molecular complexity index is 405. The molecular formula is C8H8F3N3O. The van der Waals surface area contributed by atoms with E-state index in [-0.39, 0.29) is 0 Å². The van der Waals surface area contributed by atoms with Gasteiger partial charge in [0.05, 0.1) is 5.56 Å². The highest BCUT2D eigenvalue weighted by Gasteiger charge is 2.25. The van der Waals surface area contributed by atoms with Gasteiger partial charge in [-0.2, -0.15) is 0 Å². The second-order valence-corrected chi connectivity index (χ2v) is 2.76. The number of benzene rings is 1. The number of nitrogens with two attached hydrogens (primary N) is 2. The molecular weight excluding hydrogens is 211 g/mol. The van der Waals surface area contributed by atoms with Gasteiger partial charge in [-0.3, -0.25) is 5.41 Å². The number of hydrogen-bond acceptors (Lipinski definition) is 3. The summed E-state index contributed by atoms with van der Waals surface area (Å²) in [4.78, 5) is 0. The molecule has 0 bridgehead atoms. The molecule has 0 spiro atoms. The van der Waals surface area contributed by atoms with Gasteiger partial charge in [0.1, 0.15) is 5.84 Å². The molecule has 15 heavy (non-hydrogen) atoms. The number of phenolic OH excluding ortho intramolecular Hbond substituents is 1. The molecule has 0 aliphatic rings. The molecule has 0 aliphatic heterocycles. The van der Waals surface area contributed by atoms with Crippen LogP contribution in [0.2, 0.25) is 0 Å². The van der Waals surface area contributed by atoms with Crippen LogP contribution in [0.15, 0.2) is 0 Å². The molecule has 6 N–H and O–H groups in total. The predicted molar refractivity (Wildman–Crippen MR) is 46.9 cm³/mol. The van der Waals surface area contributed by atoms with Crippen molar-refractivity contribution in [3.05, 3.63) is 28.6 Å². The molecule has 1 aromatic carbocycles. The Morgan fingerprint density at radius 2 is 1.73 bits per heavy atom. The fourth-order valence-corrected chi connectivity index (χ4v) is 1.12. The summed E-state index contributed by atoms with van der Waals surface area (Å²) >= 11 is 0. The first-order valence-electron chi connectivity index (χ1n) is 3.84. The number of phenols is 1. The molecule has 0 unspecified atom stereocenters. The van der Waals surface area contributed by atoms with Crippen molar-refractivity contribution in [2.75, 3.05) is 0 Å². The summed E-state index contributed by atoms with van der Waals surface area (Å²) in [6.45, 7) is -0.611. The molecule has 0 atom stereocenters. The van der Waals surface area contributed by atoms with Crippen LogP contribution in [0, 0.1) is 22.9 Å². The first-order chi connectivity index (χ1) is 6.91. The number of amidine groups is 1. The molecule has 4 nitrogen and oxygen atoms in total. The van der Waals surface area contributed by atoms with Gasteiger partial charge in [0.15, 0.2) is 23.2 Å². The molecule has 0 amide bonds. The third-order valence-electron chi connectivity index (χ3n) is 1.86. The Morgan fingerprint density at radius 1 is 1.20 bits per heavy atom. The summed E-state index contributed by atoms with van der Waals surface area (Å²) in [6.07, 6.45) is 0. The second kappa shape index (κ2) is 3.77. The van der Waals surface area contributed by atoms with E-state index in [1.807, 2.05) is 0 Å². The van der Waals surface area contributed by atoms with E-state index in [0.717, 1.165) is 0 Å². The van der Waals surface area contributed by atoms with Crippen LogP contribution >= 0.6 is 0 Å². The SMILES string of the molecule is N=C(N)c1c(O)c(F)c(CN)c(F)c1F. The van der Waals surface area contributed by atoms with Crippen molar-refractivity contribution < 1.29 is 18.3 Å². The van der Waals surface area contributed by atoms with Gasteiger partial charge in [-0.1, -0.05) is 0 Å². The van der Waals surface area contributed by atoms with Crippen LogP contribution in [0.1, 0.15) is 11.1 Å². The van der Waals surface area contributed by atoms with Crippen LogP contribution in [0.25, 0.3) is 0 Å². The van der Waals surface area contributed by atoms with E-state index in [1.165, 1.54) is 0 Å². The molecule has 0 saturated carbocycles. The molecule has 1 aromatic rings. The highest BCUT2D eigenvalue weighted by molar-refractivity contribution is 5.98. The molecule has 0 radical (unpaired) electrons. The summed E-state index contributed by atoms with van der Waals surface area (Å²) in [5, 5.41) is 16.0. The number of nitrogens with one attached hydrogen (secondary N) is 1. The summed E-state index contributed by atoms with van der Waals surface area (Å²) in [7, 11) is 0. The van der Waals surface area contributed by atoms with Crippen molar-refractivity contribution in [1.29, 1.82) is 5.41 Å². The van der Waals surface area contributed by atoms with Crippen molar-refractivity contribution in [3.63, 3.8) is 0 Å². The van der Waals surface area contributed by atoms with Gasteiger partial charge in [-0.25, -0.2) is 13.2 Å². The zero-order valence-electron chi connectivity index (χ0n) is 7.44. The van der Waals surface area contributed by atoms with Crippen molar-refractivity contribution in [2.24, 2.45) is 11.5 Å². The van der Waals surface area contributed by atoms with Crippen LogP contribution in [-0.2, 0) is 6.54 Å². The van der Waals surface area contributed by atoms with E-state index in [9.17, 15) is 13.2 Å². The second-order valence-electron chi connectivity index (χ2n) is 2.76. The van der Waals surface area contributed by atoms with E-state index in [1.54, 1.807) is 0 Å². The molecule has 7 heteroatoms. The van der Waals surface area contributed by atoms with Gasteiger partial charge in [-0.05, 0) is 0 Å². The lowest BCUT2D eigenvalue weighted by molar-refractivity contribution is 0.403. The monoisotopic (exact) mass is 219 g/mol. The summed E-state index contributed by atoms with van der Waals surface area (Å²) < 4.78 is 39.4. The Balaban J connectivity index is 3.66. The zero-order valence-corrected chi connectivity index (χ0v) is 7.44. The normalized spacial score (nSPS) is 10.4. The van der Waals surface area contributed by atoms with Gasteiger partial charge in [0, 0.05) is 12.1 Å². The number of hydrogen-bond donors (Lipinski definition) is 4. The fraction of sp³-hybridized carbons (Fsp3) is 0.125. The fourth-order valence-electron chi connectivity index (χ4n) is 1.12. The van der Waals surface area contributed by atoms with E-state index >= 15 is 0 Å². The van der Waals surface area contributed by atoms with Crippen molar-refractivity contribution in [2.45, 2.75) is 6.54 Å². The number of rotatable bonds is 2. The summed E-state index contributed by atoms with van der Waals surface area (Å²) in [5.74, 6) is -6.70. The Kier molecular flexibility index (Phi) is 2.85. The van der Waals surface area contributed by atoms with Gasteiger partial charge in [-0.15, -0.1) is 0 Å². The predicted octanol–water partition coefficient (Wildman–Crippen LogP) is 0.552. The first-order valence-corrected chi connectivity index (χ1v) is 3.84. The Hall–Kier alpha value is -1.76. The van der Waals surface area contributed by atoms with Crippen LogP contribution in [0.4, 0.5) is 13.2 Å². The average molecular weight is 219 g/mol. The molecule has 0 fully saturated rings. The van der Waals surface area contributed by atoms with Gasteiger partial charge < -0.3 is 16.6 Å². The Morgan fingerprint density at radius 3 is 2.13 bits per heavy atom. The summed E-state index contributed by atoms with van der Waals surface area (Å²) in [6, 6.07) is 0. The quantitative estimate of drug-likeness (QED) is 0.332. The minimum atomic E-state index is -1.58. The highest BCUT2D eigenvalue weighted by Crippen LogP contribution is 2.29. The largest absolute Gasteiger partial charge is 0.504 e. The molecule has 0 aliphatic carbocycles. The Labute approximate surface area is 82.8 Å². The maximum absolute atomic E-state index is 13.2. The number of aromatic hydroxyl groups is 1. The molecule has 0 heterocycles. The molecule has 0 saturated heterocycles. The van der Waals surface area contributed by atoms with Crippen molar-refractivity contribution >= 4 is 5.84 Å². The lowest BCUT2D eigenvalue weighted by Gasteiger charge is -2.10. The van der Waals surface area contributed by atoms with E-state index < -0.39 is 46.7 Å². The van der Waals surface area contributed by atoms with E-state index in [0.29, 0.717) is 0 Å². The minimum Gasteiger partial charge on any atom is -0.504 e. The highest BCUT2D eigenvalue weighted by atomic mass is 19.2. The molecule has 1 rings (SSSR count). The standard InChI is InChI=1S/C8H8F3N3O/c9-4-2(1-12)5(10)7(15)3(6(4)11)8(13)14/h15H,1,12H2,(H3,13,14). The first kappa shape index (κ1) is 11.3. The van der Waals surface area contributed by atoms with Crippen LogP contribution in [0.5, 0.6) is 5.75 Å². The average Bonchev–Trinajstić information content (AvgIpc) is 2.16. The van der Waals surface area contributed by atoms with Gasteiger partial charge in [0.25, 0.3) is 0 Å². The minimum absolute atomic E-state index is 0.611. The lowest BCUT2D eigenvalue weighted by atomic mass is 10.1. The van der Waals surface area contributed by atoms with Crippen molar-refractivity contribution in [3.8, 4) is 5.75 Å². The molecule has 0 aromatic heterocycles. The van der Waals surface area contributed by atoms with Crippen LogP contribution in [-0.4, -0.2) is 10.9 Å². The number of nitrogen functional groups attached to an aromatic ring is 1. The lowest BCUT2D eigenvalue weighted by Crippen LogP contribution is -2.17.